The molecule has 2 heterocycles. The van der Waals surface area contributed by atoms with Crippen LogP contribution in [0.5, 0.6) is 0 Å². The van der Waals surface area contributed by atoms with Gasteiger partial charge in [-0.05, 0) is 18.3 Å². The minimum Gasteiger partial charge on any atom is -0.391 e. The van der Waals surface area contributed by atoms with Crippen LogP contribution in [0.1, 0.15) is 39.4 Å². The molecule has 0 saturated heterocycles. The molecule has 0 radical (unpaired) electrons. The first kappa shape index (κ1) is 12.4. The molecule has 1 aliphatic rings. The fourth-order valence-electron chi connectivity index (χ4n) is 2.01. The zero-order valence-electron chi connectivity index (χ0n) is 10.8. The number of aryl methyl sites for hydroxylation is 1. The predicted octanol–water partition coefficient (Wildman–Crippen LogP) is 0.788. The second-order valence-electron chi connectivity index (χ2n) is 5.87. The monoisotopic (exact) mass is 239 g/mol. The highest BCUT2D eigenvalue weighted by Crippen LogP contribution is 2.20. The Hall–Kier alpha value is -1.10. The van der Waals surface area contributed by atoms with E-state index in [4.69, 9.17) is 0 Å². The van der Waals surface area contributed by atoms with Gasteiger partial charge >= 0.3 is 5.69 Å². The van der Waals surface area contributed by atoms with Crippen molar-refractivity contribution in [1.82, 2.24) is 14.3 Å². The number of fused-ring (bicyclic) bond motifs is 1. The van der Waals surface area contributed by atoms with Crippen LogP contribution in [0.25, 0.3) is 0 Å². The van der Waals surface area contributed by atoms with Gasteiger partial charge in [0.1, 0.15) is 5.82 Å². The maximum Gasteiger partial charge on any atom is 0.346 e. The van der Waals surface area contributed by atoms with Crippen LogP contribution in [-0.2, 0) is 19.5 Å². The normalized spacial score (nSPS) is 17.9. The molecule has 0 fully saturated rings. The van der Waals surface area contributed by atoms with Crippen LogP contribution in [0.3, 0.4) is 0 Å². The third-order valence-corrected chi connectivity index (χ3v) is 3.38. The highest BCUT2D eigenvalue weighted by Gasteiger charge is 2.25. The zero-order valence-corrected chi connectivity index (χ0v) is 10.8. The third kappa shape index (κ3) is 2.44. The summed E-state index contributed by atoms with van der Waals surface area (Å²) in [6.07, 6.45) is 2.45. The average molecular weight is 239 g/mol. The third-order valence-electron chi connectivity index (χ3n) is 3.38. The predicted molar refractivity (Wildman–Crippen MR) is 64.9 cm³/mol. The molecule has 1 aromatic heterocycles. The molecule has 96 valence electrons. The summed E-state index contributed by atoms with van der Waals surface area (Å²) in [7, 11) is 0. The summed E-state index contributed by atoms with van der Waals surface area (Å²) in [4.78, 5) is 12.0. The van der Waals surface area contributed by atoms with E-state index in [-0.39, 0.29) is 17.6 Å². The summed E-state index contributed by atoms with van der Waals surface area (Å²) in [5.41, 5.74) is -0.313. The number of hydrogen-bond acceptors (Lipinski definition) is 3. The van der Waals surface area contributed by atoms with Gasteiger partial charge in [-0.15, -0.1) is 0 Å². The Labute approximate surface area is 101 Å². The second-order valence-corrected chi connectivity index (χ2v) is 5.87. The molecule has 0 amide bonds. The maximum absolute atomic E-state index is 12.0. The Morgan fingerprint density at radius 3 is 2.71 bits per heavy atom. The zero-order chi connectivity index (χ0) is 12.6. The molecule has 1 aliphatic heterocycles. The van der Waals surface area contributed by atoms with Gasteiger partial charge in [-0.1, -0.05) is 20.8 Å². The molecule has 0 saturated carbocycles. The number of hydrogen-bond donors (Lipinski definition) is 1. The van der Waals surface area contributed by atoms with Gasteiger partial charge in [0.05, 0.1) is 12.6 Å². The number of aliphatic hydroxyl groups excluding tert-OH is 1. The van der Waals surface area contributed by atoms with Crippen LogP contribution < -0.4 is 5.69 Å². The lowest BCUT2D eigenvalue weighted by Gasteiger charge is -2.25. The molecular weight excluding hydrogens is 218 g/mol. The van der Waals surface area contributed by atoms with Gasteiger partial charge in [-0.2, -0.15) is 5.10 Å². The smallest absolute Gasteiger partial charge is 0.346 e. The Bertz CT molecular complexity index is 453. The van der Waals surface area contributed by atoms with Gasteiger partial charge in [0.2, 0.25) is 0 Å². The molecule has 1 N–H and O–H groups in total. The Morgan fingerprint density at radius 1 is 1.41 bits per heavy atom. The molecule has 17 heavy (non-hydrogen) atoms. The standard InChI is InChI=1S/C12H21N3O2/c1-12(2,3)9(16)8-15-11(17)14-7-5-4-6-10(14)13-15/h9,16H,4-8H2,1-3H3. The van der Waals surface area contributed by atoms with E-state index in [1.54, 1.807) is 4.57 Å². The van der Waals surface area contributed by atoms with Crippen molar-refractivity contribution in [2.24, 2.45) is 5.41 Å². The van der Waals surface area contributed by atoms with E-state index in [9.17, 15) is 9.90 Å². The van der Waals surface area contributed by atoms with Crippen molar-refractivity contribution in [3.05, 3.63) is 16.3 Å². The molecule has 1 aromatic rings. The van der Waals surface area contributed by atoms with E-state index >= 15 is 0 Å². The first-order valence-corrected chi connectivity index (χ1v) is 6.24. The fraction of sp³-hybridized carbons (Fsp3) is 0.833. The van der Waals surface area contributed by atoms with Crippen molar-refractivity contribution in [1.29, 1.82) is 0 Å². The summed E-state index contributed by atoms with van der Waals surface area (Å²) >= 11 is 0. The number of rotatable bonds is 2. The molecule has 0 spiro atoms. The fourth-order valence-corrected chi connectivity index (χ4v) is 2.01. The highest BCUT2D eigenvalue weighted by molar-refractivity contribution is 4.91. The Kier molecular flexibility index (Phi) is 3.12. The summed E-state index contributed by atoms with van der Waals surface area (Å²) in [5, 5.41) is 14.3. The minimum absolute atomic E-state index is 0.0806. The van der Waals surface area contributed by atoms with E-state index in [0.29, 0.717) is 0 Å². The van der Waals surface area contributed by atoms with Crippen molar-refractivity contribution < 1.29 is 5.11 Å². The molecular formula is C12H21N3O2. The lowest BCUT2D eigenvalue weighted by molar-refractivity contribution is 0.0439. The van der Waals surface area contributed by atoms with Crippen LogP contribution in [0.4, 0.5) is 0 Å². The molecule has 0 aliphatic carbocycles. The largest absolute Gasteiger partial charge is 0.391 e. The van der Waals surface area contributed by atoms with Crippen LogP contribution in [0, 0.1) is 5.41 Å². The van der Waals surface area contributed by atoms with E-state index in [2.05, 4.69) is 5.10 Å². The van der Waals surface area contributed by atoms with Gasteiger partial charge in [0, 0.05) is 13.0 Å². The minimum atomic E-state index is -0.558. The van der Waals surface area contributed by atoms with Crippen LogP contribution in [-0.4, -0.2) is 25.6 Å². The Balaban J connectivity index is 2.23. The van der Waals surface area contributed by atoms with Gasteiger partial charge in [0.15, 0.2) is 0 Å². The topological polar surface area (TPSA) is 60.0 Å². The summed E-state index contributed by atoms with van der Waals surface area (Å²) < 4.78 is 3.15. The van der Waals surface area contributed by atoms with Gasteiger partial charge in [-0.25, -0.2) is 9.48 Å². The molecule has 5 heteroatoms. The maximum atomic E-state index is 12.0. The SMILES string of the molecule is CC(C)(C)C(O)Cn1nc2n(c1=O)CCCC2. The van der Waals surface area contributed by atoms with Crippen LogP contribution in [0.2, 0.25) is 0 Å². The van der Waals surface area contributed by atoms with Crippen molar-refractivity contribution in [2.75, 3.05) is 0 Å². The first-order chi connectivity index (χ1) is 7.89. The van der Waals surface area contributed by atoms with Crippen molar-refractivity contribution >= 4 is 0 Å². The van der Waals surface area contributed by atoms with Gasteiger partial charge in [-0.3, -0.25) is 4.57 Å². The molecule has 1 atom stereocenters. The summed E-state index contributed by atoms with van der Waals surface area (Å²) in [5.74, 6) is 0.863. The molecule has 2 rings (SSSR count). The van der Waals surface area contributed by atoms with Gasteiger partial charge < -0.3 is 5.11 Å². The molecule has 1 unspecified atom stereocenters. The summed E-state index contributed by atoms with van der Waals surface area (Å²) in [6.45, 7) is 6.91. The average Bonchev–Trinajstić information content (AvgIpc) is 2.55. The van der Waals surface area contributed by atoms with E-state index < -0.39 is 6.10 Å². The summed E-state index contributed by atoms with van der Waals surface area (Å²) in [6, 6.07) is 0. The molecule has 0 bridgehead atoms. The molecule has 0 aromatic carbocycles. The van der Waals surface area contributed by atoms with Crippen LogP contribution in [0.15, 0.2) is 4.79 Å². The van der Waals surface area contributed by atoms with E-state index in [1.807, 2.05) is 20.8 Å². The Morgan fingerprint density at radius 2 is 2.12 bits per heavy atom. The number of aromatic nitrogens is 3. The highest BCUT2D eigenvalue weighted by atomic mass is 16.3. The number of aliphatic hydroxyl groups is 1. The first-order valence-electron chi connectivity index (χ1n) is 6.24. The lowest BCUT2D eigenvalue weighted by Crippen LogP contribution is -2.36. The van der Waals surface area contributed by atoms with Crippen molar-refractivity contribution in [3.63, 3.8) is 0 Å². The second kappa shape index (κ2) is 4.29. The van der Waals surface area contributed by atoms with Crippen molar-refractivity contribution in [3.8, 4) is 0 Å². The van der Waals surface area contributed by atoms with Crippen LogP contribution >= 0.6 is 0 Å². The molecule has 5 nitrogen and oxygen atoms in total. The number of nitrogens with zero attached hydrogens (tertiary/aromatic N) is 3. The van der Waals surface area contributed by atoms with Crippen molar-refractivity contribution in [2.45, 2.75) is 59.2 Å². The lowest BCUT2D eigenvalue weighted by atomic mass is 9.89. The van der Waals surface area contributed by atoms with E-state index in [1.165, 1.54) is 4.68 Å². The van der Waals surface area contributed by atoms with Gasteiger partial charge in [0.25, 0.3) is 0 Å². The quantitative estimate of drug-likeness (QED) is 0.830. The van der Waals surface area contributed by atoms with E-state index in [0.717, 1.165) is 31.6 Å².